The van der Waals surface area contributed by atoms with Crippen molar-refractivity contribution in [3.05, 3.63) is 11.6 Å². The molecular weight excluding hydrogens is 644 g/mol. The van der Waals surface area contributed by atoms with Gasteiger partial charge in [-0.15, -0.1) is 0 Å². The number of aromatic nitrogens is 4. The normalized spacial score (nSPS) is 26.9. The quantitative estimate of drug-likeness (QED) is 0.188. The highest BCUT2D eigenvalue weighted by Gasteiger charge is 2.47. The number of aliphatic hydroxyl groups excluding tert-OH is 2. The van der Waals surface area contributed by atoms with Gasteiger partial charge in [-0.2, -0.15) is 9.97 Å². The van der Waals surface area contributed by atoms with Gasteiger partial charge < -0.3 is 33.4 Å². The molecule has 2 aliphatic heterocycles. The number of halogens is 1. The van der Waals surface area contributed by atoms with Crippen molar-refractivity contribution in [1.82, 2.24) is 19.5 Å². The molecule has 2 N–H and O–H groups in total. The Morgan fingerprint density at radius 2 is 1.76 bits per heavy atom. The molecule has 0 radical (unpaired) electrons. The molecule has 4 heterocycles. The summed E-state index contributed by atoms with van der Waals surface area (Å²) in [6.45, 7) is 10.5. The zero-order chi connectivity index (χ0) is 32.6. The maximum absolute atomic E-state index is 13.9. The Labute approximate surface area is 270 Å². The van der Waals surface area contributed by atoms with Crippen LogP contribution in [0.2, 0.25) is 5.28 Å². The molecule has 1 unspecified atom stereocenters. The van der Waals surface area contributed by atoms with Crippen molar-refractivity contribution in [3.8, 4) is 0 Å². The molecule has 16 heteroatoms. The molecule has 5 rings (SSSR count). The Bertz CT molecular complexity index is 1410. The van der Waals surface area contributed by atoms with E-state index in [0.29, 0.717) is 22.4 Å². The monoisotopic (exact) mass is 691 g/mol. The summed E-state index contributed by atoms with van der Waals surface area (Å²) >= 11 is 6.42. The van der Waals surface area contributed by atoms with Crippen LogP contribution in [0.25, 0.3) is 11.2 Å². The lowest BCUT2D eigenvalue weighted by Gasteiger charge is -2.33. The van der Waals surface area contributed by atoms with Gasteiger partial charge in [-0.1, -0.05) is 19.3 Å². The summed E-state index contributed by atoms with van der Waals surface area (Å²) in [5.74, 6) is 0.256. The number of nitrogens with zero attached hydrogens (tertiary/aromatic N) is 5. The van der Waals surface area contributed by atoms with E-state index < -0.39 is 57.6 Å². The molecule has 1 saturated carbocycles. The van der Waals surface area contributed by atoms with Crippen molar-refractivity contribution in [3.63, 3.8) is 0 Å². The Balaban J connectivity index is 1.33. The molecule has 0 amide bonds. The number of ether oxygens (including phenoxy) is 1. The minimum atomic E-state index is -3.76. The van der Waals surface area contributed by atoms with Crippen molar-refractivity contribution >= 4 is 43.5 Å². The molecule has 1 aliphatic carbocycles. The highest BCUT2D eigenvalue weighted by atomic mass is 35.5. The minimum absolute atomic E-state index is 0.0581. The van der Waals surface area contributed by atoms with Crippen molar-refractivity contribution in [2.75, 3.05) is 36.7 Å². The summed E-state index contributed by atoms with van der Waals surface area (Å²) in [7, 11) is -7.32. The Morgan fingerprint density at radius 1 is 1.07 bits per heavy atom. The van der Waals surface area contributed by atoms with Crippen LogP contribution in [0.15, 0.2) is 6.33 Å². The zero-order valence-electron chi connectivity index (χ0n) is 26.9. The van der Waals surface area contributed by atoms with Crippen molar-refractivity contribution < 1.29 is 37.7 Å². The third-order valence-corrected chi connectivity index (χ3v) is 15.3. The van der Waals surface area contributed by atoms with Crippen molar-refractivity contribution in [2.24, 2.45) is 5.41 Å². The number of hydrogen-bond acceptors (Lipinski definition) is 12. The maximum Gasteiger partial charge on any atom is 0.340 e. The van der Waals surface area contributed by atoms with Crippen molar-refractivity contribution in [1.29, 1.82) is 0 Å². The topological polar surface area (TPSA) is 158 Å². The van der Waals surface area contributed by atoms with Crippen LogP contribution in [0.1, 0.15) is 85.8 Å². The standard InChI is InChI=1S/C29H48ClN5O8P2/c1-6-40-44(38,18-45(39,42-19(2)3)43-20(4)5)15-10-21-23(36)24(37)27(41-21)35-17-31-22-25(32-28(30)33-26(22)35)34-14-13-29(16-34)11-8-7-9-12-29/h17,19-21,23-24,27,36-37H,6-16,18H2,1-5H3/t21-,23-,24-,27-,44?/m1/s1. The molecule has 13 nitrogen and oxygen atoms in total. The summed E-state index contributed by atoms with van der Waals surface area (Å²) in [4.78, 5) is 15.8. The number of hydrogen-bond donors (Lipinski definition) is 2. The van der Waals surface area contributed by atoms with Gasteiger partial charge in [-0.3, -0.25) is 13.7 Å². The van der Waals surface area contributed by atoms with Crippen molar-refractivity contribution in [2.45, 2.75) is 116 Å². The van der Waals surface area contributed by atoms with Gasteiger partial charge in [0.05, 0.1) is 31.2 Å². The molecule has 0 aromatic carbocycles. The van der Waals surface area contributed by atoms with E-state index in [1.165, 1.54) is 38.4 Å². The predicted octanol–water partition coefficient (Wildman–Crippen LogP) is 5.96. The predicted molar refractivity (Wildman–Crippen MR) is 172 cm³/mol. The fraction of sp³-hybridized carbons (Fsp3) is 0.828. The van der Waals surface area contributed by atoms with Crippen LogP contribution in [0.5, 0.6) is 0 Å². The fourth-order valence-corrected chi connectivity index (χ4v) is 13.3. The number of rotatable bonds is 13. The van der Waals surface area contributed by atoms with Gasteiger partial charge in [0.15, 0.2) is 23.2 Å². The van der Waals surface area contributed by atoms with Crippen LogP contribution in [0.3, 0.4) is 0 Å². The van der Waals surface area contributed by atoms with E-state index >= 15 is 0 Å². The van der Waals surface area contributed by atoms with Crippen LogP contribution >= 0.6 is 26.6 Å². The average Bonchev–Trinajstić information content (AvgIpc) is 3.63. The third-order valence-electron chi connectivity index (χ3n) is 8.89. The first-order valence-corrected chi connectivity index (χ1v) is 20.2. The van der Waals surface area contributed by atoms with Gasteiger partial charge in [-0.25, -0.2) is 4.98 Å². The highest BCUT2D eigenvalue weighted by molar-refractivity contribution is 7.73. The van der Waals surface area contributed by atoms with Crippen LogP contribution < -0.4 is 4.90 Å². The summed E-state index contributed by atoms with van der Waals surface area (Å²) in [6.07, 6.45) is 3.47. The lowest BCUT2D eigenvalue weighted by atomic mass is 9.73. The molecular formula is C29H48ClN5O8P2. The van der Waals surface area contributed by atoms with E-state index in [4.69, 9.17) is 29.9 Å². The lowest BCUT2D eigenvalue weighted by Crippen LogP contribution is -2.32. The second-order valence-corrected chi connectivity index (χ2v) is 18.7. The van der Waals surface area contributed by atoms with E-state index in [1.807, 2.05) is 0 Å². The van der Waals surface area contributed by atoms with Gasteiger partial charge in [0, 0.05) is 19.3 Å². The second-order valence-electron chi connectivity index (χ2n) is 13.2. The number of aliphatic hydroxyl groups is 2. The van der Waals surface area contributed by atoms with E-state index in [0.717, 1.165) is 19.5 Å². The lowest BCUT2D eigenvalue weighted by molar-refractivity contribution is -0.0355. The summed E-state index contributed by atoms with van der Waals surface area (Å²) in [5.41, 5.74) is 1.24. The molecule has 3 aliphatic rings. The van der Waals surface area contributed by atoms with Gasteiger partial charge in [0.1, 0.15) is 18.1 Å². The Morgan fingerprint density at radius 3 is 2.40 bits per heavy atom. The molecule has 2 saturated heterocycles. The van der Waals surface area contributed by atoms with E-state index in [2.05, 4.69) is 19.9 Å². The molecule has 2 aromatic heterocycles. The van der Waals surface area contributed by atoms with Gasteiger partial charge in [0.2, 0.25) is 12.7 Å². The molecule has 0 bridgehead atoms. The van der Waals surface area contributed by atoms with Gasteiger partial charge in [0.25, 0.3) is 0 Å². The SMILES string of the molecule is CCOP(=O)(CC[C@H]1O[C@@H](n2cnc3c(N4CCC5(CCCCC5)C4)nc(Cl)nc32)[C@H](O)[C@@H]1O)CP(=O)(OC(C)C)OC(C)C. The summed E-state index contributed by atoms with van der Waals surface area (Å²) in [5, 5.41) is 22.2. The molecule has 2 aromatic rings. The zero-order valence-corrected chi connectivity index (χ0v) is 29.4. The average molecular weight is 692 g/mol. The van der Waals surface area contributed by atoms with Gasteiger partial charge >= 0.3 is 7.60 Å². The van der Waals surface area contributed by atoms with Gasteiger partial charge in [-0.05, 0) is 77.3 Å². The molecule has 1 spiro atoms. The van der Waals surface area contributed by atoms with E-state index in [9.17, 15) is 19.3 Å². The van der Waals surface area contributed by atoms with E-state index in [1.54, 1.807) is 39.2 Å². The summed E-state index contributed by atoms with van der Waals surface area (Å²) in [6, 6.07) is 0. The van der Waals surface area contributed by atoms with Crippen LogP contribution in [-0.2, 0) is 27.4 Å². The van der Waals surface area contributed by atoms with E-state index in [-0.39, 0.29) is 24.5 Å². The Kier molecular flexibility index (Phi) is 11.1. The highest BCUT2D eigenvalue weighted by Crippen LogP contribution is 2.64. The van der Waals surface area contributed by atoms with Crippen LogP contribution in [0, 0.1) is 5.41 Å². The Hall–Kier alpha value is -1.14. The third kappa shape index (κ3) is 7.95. The molecule has 3 fully saturated rings. The smallest absolute Gasteiger partial charge is 0.340 e. The van der Waals surface area contributed by atoms with Crippen LogP contribution in [0.4, 0.5) is 5.82 Å². The second kappa shape index (κ2) is 14.1. The number of fused-ring (bicyclic) bond motifs is 1. The molecule has 254 valence electrons. The molecule has 45 heavy (non-hydrogen) atoms. The largest absolute Gasteiger partial charge is 0.388 e. The summed E-state index contributed by atoms with van der Waals surface area (Å²) < 4.78 is 52.1. The minimum Gasteiger partial charge on any atom is -0.388 e. The first kappa shape index (κ1) is 35.2. The fourth-order valence-electron chi connectivity index (χ4n) is 7.04. The van der Waals surface area contributed by atoms with Crippen LogP contribution in [-0.4, -0.2) is 92.0 Å². The maximum atomic E-state index is 13.9. The number of imidazole rings is 1. The number of anilines is 1. The molecule has 5 atom stereocenters. The first-order chi connectivity index (χ1) is 21.3. The first-order valence-electron chi connectivity index (χ1n) is 16.1.